The Kier molecular flexibility index (Phi) is 4.55. The van der Waals surface area contributed by atoms with Crippen LogP contribution in [0.1, 0.15) is 24.8 Å². The van der Waals surface area contributed by atoms with Crippen molar-refractivity contribution in [2.75, 3.05) is 0 Å². The molecule has 1 aliphatic rings. The van der Waals surface area contributed by atoms with Gasteiger partial charge in [-0.15, -0.1) is 0 Å². The van der Waals surface area contributed by atoms with E-state index in [0.717, 1.165) is 11.1 Å². The van der Waals surface area contributed by atoms with Crippen molar-refractivity contribution in [1.82, 2.24) is 0 Å². The predicted octanol–water partition coefficient (Wildman–Crippen LogP) is 3.60. The number of halogens is 1. The minimum Gasteiger partial charge on any atom is -0.481 e. The lowest BCUT2D eigenvalue weighted by molar-refractivity contribution is -0.138. The van der Waals surface area contributed by atoms with Gasteiger partial charge < -0.3 is 5.11 Å². The fourth-order valence-electron chi connectivity index (χ4n) is 2.10. The summed E-state index contributed by atoms with van der Waals surface area (Å²) in [5.41, 5.74) is 2.18. The number of alkyl halides is 1. The quantitative estimate of drug-likeness (QED) is 0.837. The first-order valence-corrected chi connectivity index (χ1v) is 7.19. The number of ketones is 1. The maximum atomic E-state index is 12.1. The molecule has 1 aromatic carbocycles. The van der Waals surface area contributed by atoms with E-state index >= 15 is 0 Å². The molecule has 20 heavy (non-hydrogen) atoms. The fourth-order valence-corrected chi connectivity index (χ4v) is 2.59. The molecule has 104 valence electrons. The van der Waals surface area contributed by atoms with Crippen molar-refractivity contribution in [1.29, 1.82) is 0 Å². The van der Waals surface area contributed by atoms with E-state index in [4.69, 9.17) is 5.11 Å². The largest absolute Gasteiger partial charge is 0.481 e. The number of rotatable bonds is 5. The number of aliphatic carboxylic acids is 1. The van der Waals surface area contributed by atoms with Gasteiger partial charge in [-0.05, 0) is 17.6 Å². The van der Waals surface area contributed by atoms with E-state index in [2.05, 4.69) is 15.9 Å². The second-order valence-corrected chi connectivity index (χ2v) is 6.16. The summed E-state index contributed by atoms with van der Waals surface area (Å²) >= 11 is 3.44. The van der Waals surface area contributed by atoms with Crippen molar-refractivity contribution in [3.63, 3.8) is 0 Å². The van der Waals surface area contributed by atoms with Crippen molar-refractivity contribution in [2.45, 2.75) is 23.6 Å². The molecule has 0 heterocycles. The first-order chi connectivity index (χ1) is 9.51. The standard InChI is InChI=1S/C16H15BrO3/c17-16(14(18)6-7-15(19)20)10-8-13(9-11-16)12-4-2-1-3-5-12/h1-5,8-10H,6-7,11H2,(H,19,20). The number of hydrogen-bond donors (Lipinski definition) is 1. The monoisotopic (exact) mass is 334 g/mol. The number of Topliss-reactive ketones (excluding diaryl/α,β-unsaturated/α-hetero) is 1. The Morgan fingerprint density at radius 2 is 1.90 bits per heavy atom. The average molecular weight is 335 g/mol. The van der Waals surface area contributed by atoms with Gasteiger partial charge >= 0.3 is 5.97 Å². The Labute approximate surface area is 126 Å². The molecular weight excluding hydrogens is 320 g/mol. The molecule has 1 N–H and O–H groups in total. The van der Waals surface area contributed by atoms with E-state index in [1.54, 1.807) is 0 Å². The molecule has 0 spiro atoms. The molecule has 1 aliphatic carbocycles. The second-order valence-electron chi connectivity index (χ2n) is 4.74. The zero-order valence-corrected chi connectivity index (χ0v) is 12.5. The van der Waals surface area contributed by atoms with Crippen molar-refractivity contribution < 1.29 is 14.7 Å². The number of allylic oxidation sites excluding steroid dienone is 4. The van der Waals surface area contributed by atoms with Crippen molar-refractivity contribution >= 4 is 33.3 Å². The summed E-state index contributed by atoms with van der Waals surface area (Å²) in [5.74, 6) is -1.05. The third-order valence-electron chi connectivity index (χ3n) is 3.28. The first-order valence-electron chi connectivity index (χ1n) is 6.40. The molecule has 1 unspecified atom stereocenters. The van der Waals surface area contributed by atoms with Crippen LogP contribution in [0.2, 0.25) is 0 Å². The lowest BCUT2D eigenvalue weighted by Gasteiger charge is -2.24. The summed E-state index contributed by atoms with van der Waals surface area (Å²) in [6, 6.07) is 9.93. The van der Waals surface area contributed by atoms with Crippen LogP contribution in [-0.4, -0.2) is 21.2 Å². The Morgan fingerprint density at radius 1 is 1.20 bits per heavy atom. The van der Waals surface area contributed by atoms with Gasteiger partial charge in [-0.1, -0.05) is 64.5 Å². The summed E-state index contributed by atoms with van der Waals surface area (Å²) in [7, 11) is 0. The zero-order valence-electron chi connectivity index (χ0n) is 10.9. The topological polar surface area (TPSA) is 54.4 Å². The normalized spacial score (nSPS) is 21.4. The first kappa shape index (κ1) is 14.7. The van der Waals surface area contributed by atoms with E-state index in [1.807, 2.05) is 48.6 Å². The molecule has 0 aliphatic heterocycles. The molecule has 4 heteroatoms. The van der Waals surface area contributed by atoms with Gasteiger partial charge in [-0.3, -0.25) is 9.59 Å². The third-order valence-corrected chi connectivity index (χ3v) is 4.31. The molecule has 0 aromatic heterocycles. The van der Waals surface area contributed by atoms with Gasteiger partial charge in [0.1, 0.15) is 4.32 Å². The molecule has 0 amide bonds. The van der Waals surface area contributed by atoms with E-state index in [-0.39, 0.29) is 18.6 Å². The highest BCUT2D eigenvalue weighted by Gasteiger charge is 2.33. The zero-order chi connectivity index (χ0) is 14.6. The maximum Gasteiger partial charge on any atom is 0.303 e. The molecule has 1 atom stereocenters. The Bertz CT molecular complexity index is 575. The molecule has 3 nitrogen and oxygen atoms in total. The molecule has 0 fully saturated rings. The van der Waals surface area contributed by atoms with Gasteiger partial charge in [0.15, 0.2) is 5.78 Å². The van der Waals surface area contributed by atoms with Crippen LogP contribution in [0, 0.1) is 0 Å². The minimum absolute atomic E-state index is 0.0411. The number of carbonyl (C=O) groups excluding carboxylic acids is 1. The SMILES string of the molecule is O=C(O)CCC(=O)C1(Br)C=CC(c2ccccc2)=CC1. The van der Waals surface area contributed by atoms with Gasteiger partial charge in [0.05, 0.1) is 6.42 Å². The lowest BCUT2D eigenvalue weighted by Crippen LogP contribution is -2.30. The third kappa shape index (κ3) is 3.45. The minimum atomic E-state index is -0.949. The van der Waals surface area contributed by atoms with E-state index in [9.17, 15) is 9.59 Å². The Morgan fingerprint density at radius 3 is 2.45 bits per heavy atom. The summed E-state index contributed by atoms with van der Waals surface area (Å²) in [6.45, 7) is 0. The fraction of sp³-hybridized carbons (Fsp3) is 0.250. The van der Waals surface area contributed by atoms with Crippen LogP contribution in [0.5, 0.6) is 0 Å². The Balaban J connectivity index is 2.06. The number of carboxylic acids is 1. The van der Waals surface area contributed by atoms with Crippen molar-refractivity contribution in [3.8, 4) is 0 Å². The van der Waals surface area contributed by atoms with E-state index < -0.39 is 10.3 Å². The number of carboxylic acid groups (broad SMARTS) is 1. The highest BCUT2D eigenvalue weighted by molar-refractivity contribution is 9.10. The smallest absolute Gasteiger partial charge is 0.303 e. The number of carbonyl (C=O) groups is 2. The van der Waals surface area contributed by atoms with Crippen LogP contribution >= 0.6 is 15.9 Å². The summed E-state index contributed by atoms with van der Waals surface area (Å²) < 4.78 is -0.763. The lowest BCUT2D eigenvalue weighted by atomic mass is 9.88. The molecular formula is C16H15BrO3. The van der Waals surface area contributed by atoms with Crippen LogP contribution < -0.4 is 0 Å². The van der Waals surface area contributed by atoms with Crippen LogP contribution in [-0.2, 0) is 9.59 Å². The molecule has 1 aromatic rings. The van der Waals surface area contributed by atoms with Gasteiger partial charge in [-0.25, -0.2) is 0 Å². The van der Waals surface area contributed by atoms with Gasteiger partial charge in [0.25, 0.3) is 0 Å². The molecule has 0 bridgehead atoms. The summed E-state index contributed by atoms with van der Waals surface area (Å²) in [5, 5.41) is 8.64. The Hall–Kier alpha value is -1.68. The highest BCUT2D eigenvalue weighted by Crippen LogP contribution is 2.34. The van der Waals surface area contributed by atoms with Gasteiger partial charge in [0.2, 0.25) is 0 Å². The van der Waals surface area contributed by atoms with Crippen LogP contribution in [0.4, 0.5) is 0 Å². The molecule has 0 saturated heterocycles. The van der Waals surface area contributed by atoms with Crippen LogP contribution in [0.25, 0.3) is 5.57 Å². The van der Waals surface area contributed by atoms with Gasteiger partial charge in [-0.2, -0.15) is 0 Å². The van der Waals surface area contributed by atoms with Crippen LogP contribution in [0.3, 0.4) is 0 Å². The highest BCUT2D eigenvalue weighted by atomic mass is 79.9. The van der Waals surface area contributed by atoms with E-state index in [0.29, 0.717) is 6.42 Å². The molecule has 2 rings (SSSR count). The average Bonchev–Trinajstić information content (AvgIpc) is 2.46. The van der Waals surface area contributed by atoms with E-state index in [1.165, 1.54) is 0 Å². The van der Waals surface area contributed by atoms with Gasteiger partial charge in [0, 0.05) is 6.42 Å². The number of benzene rings is 1. The molecule has 0 saturated carbocycles. The summed E-state index contributed by atoms with van der Waals surface area (Å²) in [6.07, 6.45) is 6.18. The van der Waals surface area contributed by atoms with Crippen molar-refractivity contribution in [2.24, 2.45) is 0 Å². The maximum absolute atomic E-state index is 12.1. The summed E-state index contributed by atoms with van der Waals surface area (Å²) in [4.78, 5) is 22.6. The number of hydrogen-bond acceptors (Lipinski definition) is 2. The van der Waals surface area contributed by atoms with Crippen LogP contribution in [0.15, 0.2) is 48.6 Å². The van der Waals surface area contributed by atoms with Crippen molar-refractivity contribution in [3.05, 3.63) is 54.1 Å². The second kappa shape index (κ2) is 6.18. The molecule has 0 radical (unpaired) electrons. The predicted molar refractivity (Wildman–Crippen MR) is 81.7 cm³/mol.